The highest BCUT2D eigenvalue weighted by Gasteiger charge is 2.37. The number of rotatable bonds is 3. The molecule has 5 nitrogen and oxygen atoms in total. The fourth-order valence-corrected chi connectivity index (χ4v) is 5.69. The Balaban J connectivity index is 1.63. The van der Waals surface area contributed by atoms with E-state index in [2.05, 4.69) is 0 Å². The van der Waals surface area contributed by atoms with Crippen LogP contribution in [0.2, 0.25) is 0 Å². The second-order valence-corrected chi connectivity index (χ2v) is 8.79. The fourth-order valence-electron chi connectivity index (χ4n) is 4.22. The molecule has 1 saturated carbocycles. The van der Waals surface area contributed by atoms with Crippen LogP contribution in [-0.4, -0.2) is 55.0 Å². The van der Waals surface area contributed by atoms with Crippen LogP contribution in [0.3, 0.4) is 0 Å². The summed E-state index contributed by atoms with van der Waals surface area (Å²) in [5.41, 5.74) is 0. The van der Waals surface area contributed by atoms with E-state index in [1.807, 2.05) is 4.90 Å². The van der Waals surface area contributed by atoms with E-state index in [0.717, 1.165) is 19.4 Å². The van der Waals surface area contributed by atoms with Gasteiger partial charge < -0.3 is 4.90 Å². The van der Waals surface area contributed by atoms with Gasteiger partial charge in [-0.15, -0.1) is 0 Å². The van der Waals surface area contributed by atoms with E-state index in [1.54, 1.807) is 0 Å². The van der Waals surface area contributed by atoms with Gasteiger partial charge in [-0.1, -0.05) is 19.3 Å². The van der Waals surface area contributed by atoms with E-state index in [0.29, 0.717) is 24.9 Å². The summed E-state index contributed by atoms with van der Waals surface area (Å²) in [4.78, 5) is 14.6. The first-order valence-corrected chi connectivity index (χ1v) is 9.96. The molecular weight excluding hydrogens is 288 g/mol. The maximum absolute atomic E-state index is 12.6. The Morgan fingerprint density at radius 1 is 0.952 bits per heavy atom. The van der Waals surface area contributed by atoms with Crippen molar-refractivity contribution >= 4 is 15.9 Å². The van der Waals surface area contributed by atoms with Crippen LogP contribution in [0.1, 0.15) is 51.4 Å². The quantitative estimate of drug-likeness (QED) is 0.795. The van der Waals surface area contributed by atoms with Crippen molar-refractivity contribution in [2.24, 2.45) is 5.92 Å². The van der Waals surface area contributed by atoms with Gasteiger partial charge in [0, 0.05) is 19.1 Å². The van der Waals surface area contributed by atoms with Gasteiger partial charge in [-0.3, -0.25) is 4.79 Å². The van der Waals surface area contributed by atoms with E-state index >= 15 is 0 Å². The molecule has 3 fully saturated rings. The average Bonchev–Trinajstić information content (AvgIpc) is 3.07. The smallest absolute Gasteiger partial charge is 0.238 e. The molecule has 1 atom stereocenters. The van der Waals surface area contributed by atoms with Crippen LogP contribution in [0, 0.1) is 5.92 Å². The third-order valence-corrected chi connectivity index (χ3v) is 7.23. The highest BCUT2D eigenvalue weighted by Crippen LogP contribution is 2.34. The lowest BCUT2D eigenvalue weighted by atomic mass is 9.83. The number of carbonyl (C=O) groups excluding carboxylic acids is 1. The van der Waals surface area contributed by atoms with Crippen LogP contribution in [0.4, 0.5) is 0 Å². The summed E-state index contributed by atoms with van der Waals surface area (Å²) in [5.74, 6) is 0.862. The highest BCUT2D eigenvalue weighted by atomic mass is 32.2. The molecule has 0 spiro atoms. The van der Waals surface area contributed by atoms with E-state index in [4.69, 9.17) is 0 Å². The standard InChI is InChI=1S/C15H26N2O3S/c18-15(12-16-9-5-11-21(16,19)20)17-10-4-8-14(17)13-6-2-1-3-7-13/h13-14H,1-12H2. The molecule has 2 heterocycles. The molecular formula is C15H26N2O3S. The van der Waals surface area contributed by atoms with Crippen LogP contribution in [-0.2, 0) is 14.8 Å². The zero-order valence-corrected chi connectivity index (χ0v) is 13.5. The zero-order valence-electron chi connectivity index (χ0n) is 12.7. The summed E-state index contributed by atoms with van der Waals surface area (Å²) in [6, 6.07) is 0.364. The number of sulfonamides is 1. The Morgan fingerprint density at radius 3 is 2.38 bits per heavy atom. The van der Waals surface area contributed by atoms with Crippen molar-refractivity contribution < 1.29 is 13.2 Å². The second-order valence-electron chi connectivity index (χ2n) is 6.70. The van der Waals surface area contributed by atoms with Crippen LogP contribution >= 0.6 is 0 Å². The Morgan fingerprint density at radius 2 is 1.71 bits per heavy atom. The number of carbonyl (C=O) groups is 1. The molecule has 2 aliphatic heterocycles. The fraction of sp³-hybridized carbons (Fsp3) is 0.933. The number of nitrogens with zero attached hydrogens (tertiary/aromatic N) is 2. The Hall–Kier alpha value is -0.620. The van der Waals surface area contributed by atoms with Crippen molar-refractivity contribution in [3.8, 4) is 0 Å². The van der Waals surface area contributed by atoms with Crippen molar-refractivity contribution in [2.75, 3.05) is 25.4 Å². The molecule has 3 rings (SSSR count). The largest absolute Gasteiger partial charge is 0.338 e. The Labute approximate surface area is 127 Å². The molecule has 1 aliphatic carbocycles. The van der Waals surface area contributed by atoms with Gasteiger partial charge in [0.15, 0.2) is 0 Å². The normalized spacial score (nSPS) is 30.9. The maximum atomic E-state index is 12.6. The van der Waals surface area contributed by atoms with Gasteiger partial charge in [0.05, 0.1) is 12.3 Å². The summed E-state index contributed by atoms with van der Waals surface area (Å²) in [7, 11) is -3.17. The van der Waals surface area contributed by atoms with Gasteiger partial charge in [-0.25, -0.2) is 8.42 Å². The summed E-state index contributed by atoms with van der Waals surface area (Å²) < 4.78 is 25.1. The van der Waals surface area contributed by atoms with Gasteiger partial charge >= 0.3 is 0 Å². The summed E-state index contributed by atoms with van der Waals surface area (Å²) in [6.45, 7) is 1.38. The minimum atomic E-state index is -3.17. The van der Waals surface area contributed by atoms with E-state index in [-0.39, 0.29) is 18.2 Å². The molecule has 2 saturated heterocycles. The molecule has 21 heavy (non-hydrogen) atoms. The molecule has 0 aromatic carbocycles. The van der Waals surface area contributed by atoms with Crippen LogP contribution in [0.15, 0.2) is 0 Å². The van der Waals surface area contributed by atoms with Crippen LogP contribution in [0.5, 0.6) is 0 Å². The third kappa shape index (κ3) is 3.26. The zero-order chi connectivity index (χ0) is 14.9. The van der Waals surface area contributed by atoms with Crippen molar-refractivity contribution in [3.63, 3.8) is 0 Å². The molecule has 120 valence electrons. The monoisotopic (exact) mass is 314 g/mol. The van der Waals surface area contributed by atoms with Crippen molar-refractivity contribution in [3.05, 3.63) is 0 Å². The van der Waals surface area contributed by atoms with Crippen LogP contribution in [0.25, 0.3) is 0 Å². The van der Waals surface area contributed by atoms with Crippen molar-refractivity contribution in [2.45, 2.75) is 57.4 Å². The predicted octanol–water partition coefficient (Wildman–Crippen LogP) is 1.59. The van der Waals surface area contributed by atoms with Gasteiger partial charge in [-0.05, 0) is 38.0 Å². The SMILES string of the molecule is O=C(CN1CCCS1(=O)=O)N1CCCC1C1CCCCC1. The molecule has 0 aromatic heterocycles. The molecule has 1 amide bonds. The van der Waals surface area contributed by atoms with Gasteiger partial charge in [0.1, 0.15) is 0 Å². The molecule has 0 N–H and O–H groups in total. The molecule has 1 unspecified atom stereocenters. The molecule has 0 radical (unpaired) electrons. The summed E-state index contributed by atoms with van der Waals surface area (Å²) >= 11 is 0. The first-order valence-electron chi connectivity index (χ1n) is 8.35. The van der Waals surface area contributed by atoms with Gasteiger partial charge in [0.2, 0.25) is 15.9 Å². The molecule has 0 bridgehead atoms. The Kier molecular flexibility index (Phi) is 4.54. The Bertz CT molecular complexity index is 485. The highest BCUT2D eigenvalue weighted by molar-refractivity contribution is 7.89. The number of hydrogen-bond donors (Lipinski definition) is 0. The lowest BCUT2D eigenvalue weighted by Gasteiger charge is -2.34. The lowest BCUT2D eigenvalue weighted by Crippen LogP contribution is -2.46. The number of hydrogen-bond acceptors (Lipinski definition) is 3. The number of likely N-dealkylation sites (tertiary alicyclic amines) is 1. The number of amides is 1. The minimum absolute atomic E-state index is 0.0218. The first kappa shape index (κ1) is 15.3. The van der Waals surface area contributed by atoms with Crippen molar-refractivity contribution in [1.82, 2.24) is 9.21 Å². The van der Waals surface area contributed by atoms with Crippen molar-refractivity contribution in [1.29, 1.82) is 0 Å². The summed E-state index contributed by atoms with van der Waals surface area (Å²) in [6.07, 6.45) is 9.17. The average molecular weight is 314 g/mol. The van der Waals surface area contributed by atoms with E-state index < -0.39 is 10.0 Å². The molecule has 6 heteroatoms. The summed E-state index contributed by atoms with van der Waals surface area (Å²) in [5, 5.41) is 0. The topological polar surface area (TPSA) is 57.7 Å². The third-order valence-electron chi connectivity index (χ3n) is 5.33. The predicted molar refractivity (Wildman–Crippen MR) is 81.3 cm³/mol. The maximum Gasteiger partial charge on any atom is 0.238 e. The van der Waals surface area contributed by atoms with E-state index in [9.17, 15) is 13.2 Å². The van der Waals surface area contributed by atoms with E-state index in [1.165, 1.54) is 36.4 Å². The molecule has 3 aliphatic rings. The first-order chi connectivity index (χ1) is 10.1. The second kappa shape index (κ2) is 6.24. The van der Waals surface area contributed by atoms with Gasteiger partial charge in [-0.2, -0.15) is 4.31 Å². The molecule has 0 aromatic rings. The lowest BCUT2D eigenvalue weighted by molar-refractivity contribution is -0.133. The van der Waals surface area contributed by atoms with Crippen LogP contribution < -0.4 is 0 Å². The minimum Gasteiger partial charge on any atom is -0.338 e. The van der Waals surface area contributed by atoms with Gasteiger partial charge in [0.25, 0.3) is 0 Å².